The molecule has 0 aliphatic carbocycles. The van der Waals surface area contributed by atoms with Crippen molar-refractivity contribution in [2.75, 3.05) is 7.11 Å². The molecular weight excluding hydrogens is 330 g/mol. The highest BCUT2D eigenvalue weighted by atomic mass is 35.5. The minimum atomic E-state index is -0.0223. The van der Waals surface area contributed by atoms with Crippen LogP contribution in [0.1, 0.15) is 23.6 Å². The van der Waals surface area contributed by atoms with Crippen molar-refractivity contribution in [1.29, 1.82) is 0 Å². The lowest BCUT2D eigenvalue weighted by Gasteiger charge is -2.21. The minimum absolute atomic E-state index is 0.0223. The Morgan fingerprint density at radius 3 is 2.70 bits per heavy atom. The van der Waals surface area contributed by atoms with Gasteiger partial charge in [0, 0.05) is 17.0 Å². The number of ether oxygens (including phenoxy) is 1. The van der Waals surface area contributed by atoms with E-state index in [-0.39, 0.29) is 11.2 Å². The van der Waals surface area contributed by atoms with E-state index in [9.17, 15) is 0 Å². The molecule has 0 saturated heterocycles. The van der Waals surface area contributed by atoms with Gasteiger partial charge in [0.15, 0.2) is 5.11 Å². The molecule has 23 heavy (non-hydrogen) atoms. The number of benzene rings is 2. The van der Waals surface area contributed by atoms with Crippen molar-refractivity contribution in [3.8, 4) is 5.75 Å². The SMILES string of the molecule is COc1cccc(C2=NN(C(N)=S)C(c3ccc(Cl)cc3)C2)c1. The summed E-state index contributed by atoms with van der Waals surface area (Å²) >= 11 is 11.1. The molecule has 2 N–H and O–H groups in total. The molecular formula is C17H16ClN3OS. The number of methoxy groups -OCH3 is 1. The summed E-state index contributed by atoms with van der Waals surface area (Å²) in [6, 6.07) is 15.5. The fraction of sp³-hybridized carbons (Fsp3) is 0.176. The first-order chi connectivity index (χ1) is 11.1. The monoisotopic (exact) mass is 345 g/mol. The van der Waals surface area contributed by atoms with Gasteiger partial charge in [-0.2, -0.15) is 5.10 Å². The van der Waals surface area contributed by atoms with Crippen LogP contribution in [0, 0.1) is 0 Å². The van der Waals surface area contributed by atoms with E-state index in [1.54, 1.807) is 12.1 Å². The lowest BCUT2D eigenvalue weighted by atomic mass is 9.98. The lowest BCUT2D eigenvalue weighted by Crippen LogP contribution is -2.31. The Balaban J connectivity index is 1.93. The summed E-state index contributed by atoms with van der Waals surface area (Å²) in [6.07, 6.45) is 0.714. The minimum Gasteiger partial charge on any atom is -0.497 e. The molecule has 4 nitrogen and oxygen atoms in total. The summed E-state index contributed by atoms with van der Waals surface area (Å²) in [5.41, 5.74) is 8.85. The second-order valence-electron chi connectivity index (χ2n) is 5.23. The van der Waals surface area contributed by atoms with Gasteiger partial charge in [-0.05, 0) is 42.0 Å². The van der Waals surface area contributed by atoms with Gasteiger partial charge in [-0.3, -0.25) is 0 Å². The molecule has 1 aliphatic heterocycles. The third kappa shape index (κ3) is 3.30. The van der Waals surface area contributed by atoms with Crippen molar-refractivity contribution in [3.05, 3.63) is 64.7 Å². The van der Waals surface area contributed by atoms with Crippen LogP contribution in [0.3, 0.4) is 0 Å². The van der Waals surface area contributed by atoms with Crippen molar-refractivity contribution < 1.29 is 4.74 Å². The summed E-state index contributed by atoms with van der Waals surface area (Å²) < 4.78 is 5.28. The maximum atomic E-state index is 5.97. The van der Waals surface area contributed by atoms with Gasteiger partial charge in [0.2, 0.25) is 0 Å². The number of halogens is 1. The molecule has 118 valence electrons. The summed E-state index contributed by atoms with van der Waals surface area (Å²) in [6.45, 7) is 0. The maximum absolute atomic E-state index is 5.97. The number of rotatable bonds is 3. The second kappa shape index (κ2) is 6.56. The highest BCUT2D eigenvalue weighted by Crippen LogP contribution is 2.33. The predicted octanol–water partition coefficient (Wildman–Crippen LogP) is 3.74. The standard InChI is InChI=1S/C17H16ClN3OS/c1-22-14-4-2-3-12(9-14)15-10-16(21(20-15)17(19)23)11-5-7-13(18)8-6-11/h2-9,16H,10H2,1H3,(H2,19,23). The van der Waals surface area contributed by atoms with Crippen molar-refractivity contribution in [3.63, 3.8) is 0 Å². The zero-order chi connectivity index (χ0) is 16.4. The number of nitrogens with zero attached hydrogens (tertiary/aromatic N) is 2. The zero-order valence-electron chi connectivity index (χ0n) is 12.6. The highest BCUT2D eigenvalue weighted by Gasteiger charge is 2.30. The molecule has 0 radical (unpaired) electrons. The predicted molar refractivity (Wildman–Crippen MR) is 97.0 cm³/mol. The molecule has 1 atom stereocenters. The number of thiocarbonyl (C=S) groups is 1. The second-order valence-corrected chi connectivity index (χ2v) is 6.09. The Hall–Kier alpha value is -2.11. The number of hydrazone groups is 1. The van der Waals surface area contributed by atoms with Gasteiger partial charge in [-0.15, -0.1) is 0 Å². The average molecular weight is 346 g/mol. The van der Waals surface area contributed by atoms with Gasteiger partial charge in [-0.25, -0.2) is 5.01 Å². The van der Waals surface area contributed by atoms with Crippen LogP contribution < -0.4 is 10.5 Å². The van der Waals surface area contributed by atoms with Crippen LogP contribution in [-0.2, 0) is 0 Å². The molecule has 6 heteroatoms. The quantitative estimate of drug-likeness (QED) is 0.861. The van der Waals surface area contributed by atoms with Gasteiger partial charge >= 0.3 is 0 Å². The maximum Gasteiger partial charge on any atom is 0.187 e. The largest absolute Gasteiger partial charge is 0.497 e. The molecule has 0 aromatic heterocycles. The Bertz CT molecular complexity index is 761. The molecule has 0 saturated carbocycles. The van der Waals surface area contributed by atoms with E-state index in [0.717, 1.165) is 22.6 Å². The van der Waals surface area contributed by atoms with E-state index in [2.05, 4.69) is 5.10 Å². The van der Waals surface area contributed by atoms with Crippen LogP contribution in [0.2, 0.25) is 5.02 Å². The lowest BCUT2D eigenvalue weighted by molar-refractivity contribution is 0.373. The Morgan fingerprint density at radius 2 is 2.04 bits per heavy atom. The third-order valence-electron chi connectivity index (χ3n) is 3.79. The molecule has 1 heterocycles. The van der Waals surface area contributed by atoms with Crippen molar-refractivity contribution in [2.45, 2.75) is 12.5 Å². The summed E-state index contributed by atoms with van der Waals surface area (Å²) in [7, 11) is 1.65. The van der Waals surface area contributed by atoms with Crippen LogP contribution in [0.25, 0.3) is 0 Å². The molecule has 0 amide bonds. The van der Waals surface area contributed by atoms with E-state index >= 15 is 0 Å². The van der Waals surface area contributed by atoms with Crippen LogP contribution >= 0.6 is 23.8 Å². The summed E-state index contributed by atoms with van der Waals surface area (Å²) in [5.74, 6) is 0.794. The first kappa shape index (κ1) is 15.8. The number of hydrogen-bond acceptors (Lipinski definition) is 3. The Kier molecular flexibility index (Phi) is 4.50. The van der Waals surface area contributed by atoms with E-state index in [4.69, 9.17) is 34.3 Å². The summed E-state index contributed by atoms with van der Waals surface area (Å²) in [5, 5.41) is 7.25. The molecule has 2 aromatic carbocycles. The molecule has 0 fully saturated rings. The van der Waals surface area contributed by atoms with E-state index in [0.29, 0.717) is 11.4 Å². The van der Waals surface area contributed by atoms with Crippen molar-refractivity contribution in [1.82, 2.24) is 5.01 Å². The van der Waals surface area contributed by atoms with E-state index < -0.39 is 0 Å². The average Bonchev–Trinajstić information content (AvgIpc) is 3.01. The van der Waals surface area contributed by atoms with Gasteiger partial charge in [0.05, 0.1) is 18.9 Å². The van der Waals surface area contributed by atoms with Crippen LogP contribution in [0.15, 0.2) is 53.6 Å². The molecule has 0 bridgehead atoms. The van der Waals surface area contributed by atoms with Gasteiger partial charge < -0.3 is 10.5 Å². The van der Waals surface area contributed by atoms with Crippen molar-refractivity contribution >= 4 is 34.6 Å². The number of nitrogens with two attached hydrogens (primary N) is 1. The Labute approximate surface area is 145 Å². The van der Waals surface area contributed by atoms with Crippen molar-refractivity contribution in [2.24, 2.45) is 10.8 Å². The summed E-state index contributed by atoms with van der Waals surface area (Å²) in [4.78, 5) is 0. The highest BCUT2D eigenvalue weighted by molar-refractivity contribution is 7.80. The topological polar surface area (TPSA) is 50.8 Å². The third-order valence-corrected chi connectivity index (χ3v) is 4.23. The van der Waals surface area contributed by atoms with Crippen LogP contribution in [0.5, 0.6) is 5.75 Å². The Morgan fingerprint density at radius 1 is 1.30 bits per heavy atom. The first-order valence-corrected chi connectivity index (χ1v) is 7.93. The molecule has 1 unspecified atom stereocenters. The molecule has 1 aliphatic rings. The molecule has 2 aromatic rings. The number of hydrogen-bond donors (Lipinski definition) is 1. The van der Waals surface area contributed by atoms with E-state index in [1.807, 2.05) is 48.5 Å². The first-order valence-electron chi connectivity index (χ1n) is 7.14. The van der Waals surface area contributed by atoms with Crippen LogP contribution in [0.4, 0.5) is 0 Å². The van der Waals surface area contributed by atoms with Gasteiger partial charge in [-0.1, -0.05) is 35.9 Å². The smallest absolute Gasteiger partial charge is 0.187 e. The molecule has 0 spiro atoms. The van der Waals surface area contributed by atoms with E-state index in [1.165, 1.54) is 0 Å². The zero-order valence-corrected chi connectivity index (χ0v) is 14.1. The van der Waals surface area contributed by atoms with Gasteiger partial charge in [0.25, 0.3) is 0 Å². The fourth-order valence-corrected chi connectivity index (χ4v) is 2.93. The fourth-order valence-electron chi connectivity index (χ4n) is 2.64. The molecule has 3 rings (SSSR count). The van der Waals surface area contributed by atoms with Crippen LogP contribution in [-0.4, -0.2) is 22.9 Å². The normalized spacial score (nSPS) is 17.0. The van der Waals surface area contributed by atoms with Gasteiger partial charge in [0.1, 0.15) is 5.75 Å².